The van der Waals surface area contributed by atoms with Crippen molar-refractivity contribution in [3.05, 3.63) is 25.0 Å². The summed E-state index contributed by atoms with van der Waals surface area (Å²) in [7, 11) is -4.32. The van der Waals surface area contributed by atoms with E-state index in [2.05, 4.69) is 25.3 Å². The number of aliphatic hydroxyl groups excluding tert-OH is 2. The Hall–Kier alpha value is -1.92. The molecule has 0 radical (unpaired) electrons. The molecule has 1 aliphatic heterocycles. The predicted octanol–water partition coefficient (Wildman–Crippen LogP) is 2.13. The monoisotopic (exact) mass is 599 g/mol. The first-order valence-electron chi connectivity index (χ1n) is 11.1. The summed E-state index contributed by atoms with van der Waals surface area (Å²) in [5, 5.41) is 24.4. The Kier molecular flexibility index (Phi) is 9.24. The number of aliphatic hydroxyl groups is 2. The maximum atomic E-state index is 12.6. The summed E-state index contributed by atoms with van der Waals surface area (Å²) in [6.45, 7) is -0.0338. The fourth-order valence-corrected chi connectivity index (χ4v) is 5.56. The molecule has 1 saturated heterocycles. The summed E-state index contributed by atoms with van der Waals surface area (Å²) >= 11 is 2.40. The number of halogens is 3. The molecule has 4 rings (SSSR count). The molecule has 0 spiro atoms. The normalized spacial score (nSPS) is 23.7. The van der Waals surface area contributed by atoms with Crippen LogP contribution in [0.2, 0.25) is 0 Å². The standard InChI is InChI=1S/C19H25F3N7O6PS2/c1-37-7-4-24-15-12-16(27-18(26-15)38-6-2-19(20,21)22)29(10-25-12)17-14(31)13(30)11(35-17)8-34-36(32,33)28-5-3-23-9-28/h3,5,9-11,13-14,17,30-31H,2,4,6-8H2,1H3,(H,32,33)(H,24,26,27)/t11-,13-,14-,17-/m1/s1. The maximum Gasteiger partial charge on any atom is 0.437 e. The van der Waals surface area contributed by atoms with E-state index < -0.39 is 51.5 Å². The minimum absolute atomic E-state index is 0.0598. The average molecular weight is 600 g/mol. The van der Waals surface area contributed by atoms with Crippen molar-refractivity contribution in [3.63, 3.8) is 0 Å². The van der Waals surface area contributed by atoms with Crippen LogP contribution in [0.5, 0.6) is 0 Å². The summed E-state index contributed by atoms with van der Waals surface area (Å²) in [6, 6.07) is 0. The SMILES string of the molecule is CSCCNc1nc(SCCC(F)(F)F)nc2c1ncn2[C@@H]1O[C@H](COP(=O)(O)n2ccnc2)[C@@H](O)[C@H]1O. The van der Waals surface area contributed by atoms with Gasteiger partial charge in [-0.05, 0) is 6.26 Å². The lowest BCUT2D eigenvalue weighted by Crippen LogP contribution is -2.33. The van der Waals surface area contributed by atoms with Crippen LogP contribution in [0.3, 0.4) is 0 Å². The molecule has 5 atom stereocenters. The Labute approximate surface area is 222 Å². The van der Waals surface area contributed by atoms with Gasteiger partial charge in [0.2, 0.25) is 0 Å². The van der Waals surface area contributed by atoms with Crippen LogP contribution in [0.25, 0.3) is 11.2 Å². The summed E-state index contributed by atoms with van der Waals surface area (Å²) in [5.74, 6) is 0.730. The van der Waals surface area contributed by atoms with Gasteiger partial charge in [0.25, 0.3) is 0 Å². The molecular formula is C19H25F3N7O6PS2. The number of hydrogen-bond acceptors (Lipinski definition) is 12. The minimum Gasteiger partial charge on any atom is -0.387 e. The molecule has 1 fully saturated rings. The molecule has 0 aromatic carbocycles. The molecule has 4 N–H and O–H groups in total. The summed E-state index contributed by atoms with van der Waals surface area (Å²) in [4.78, 5) is 26.7. The number of nitrogens with one attached hydrogen (secondary N) is 1. The molecule has 210 valence electrons. The number of nitrogens with zero attached hydrogens (tertiary/aromatic N) is 6. The number of thioether (sulfide) groups is 2. The highest BCUT2D eigenvalue weighted by Crippen LogP contribution is 2.44. The first-order valence-corrected chi connectivity index (χ1v) is 15.1. The molecule has 19 heteroatoms. The van der Waals surface area contributed by atoms with E-state index in [-0.39, 0.29) is 22.1 Å². The second-order valence-corrected chi connectivity index (χ2v) is 11.8. The third-order valence-electron chi connectivity index (χ3n) is 5.42. The fourth-order valence-electron chi connectivity index (χ4n) is 3.54. The third kappa shape index (κ3) is 6.80. The summed E-state index contributed by atoms with van der Waals surface area (Å²) in [5.41, 5.74) is 0.446. The summed E-state index contributed by atoms with van der Waals surface area (Å²) in [6.07, 6.45) is -3.95. The van der Waals surface area contributed by atoms with E-state index in [1.54, 1.807) is 11.8 Å². The van der Waals surface area contributed by atoms with Crippen molar-refractivity contribution < 1.29 is 42.1 Å². The lowest BCUT2D eigenvalue weighted by atomic mass is 10.1. The molecule has 0 aliphatic carbocycles. The Bertz CT molecular complexity index is 1270. The molecule has 3 aromatic rings. The van der Waals surface area contributed by atoms with Gasteiger partial charge in [0.05, 0.1) is 19.4 Å². The van der Waals surface area contributed by atoms with Crippen LogP contribution < -0.4 is 5.32 Å². The van der Waals surface area contributed by atoms with Gasteiger partial charge in [-0.2, -0.15) is 24.9 Å². The zero-order valence-electron chi connectivity index (χ0n) is 19.8. The highest BCUT2D eigenvalue weighted by atomic mass is 32.2. The quantitative estimate of drug-likeness (QED) is 0.103. The predicted molar refractivity (Wildman–Crippen MR) is 133 cm³/mol. The minimum atomic E-state index is -4.33. The van der Waals surface area contributed by atoms with Crippen LogP contribution in [0.4, 0.5) is 19.0 Å². The van der Waals surface area contributed by atoms with Crippen LogP contribution >= 0.6 is 31.3 Å². The number of fused-ring (bicyclic) bond motifs is 1. The van der Waals surface area contributed by atoms with Crippen molar-refractivity contribution in [2.45, 2.75) is 42.3 Å². The number of imidazole rings is 2. The molecule has 38 heavy (non-hydrogen) atoms. The van der Waals surface area contributed by atoms with Crippen molar-refractivity contribution in [3.8, 4) is 0 Å². The number of rotatable bonds is 12. The van der Waals surface area contributed by atoms with Crippen molar-refractivity contribution in [2.75, 3.05) is 36.2 Å². The lowest BCUT2D eigenvalue weighted by molar-refractivity contribution is -0.129. The van der Waals surface area contributed by atoms with Gasteiger partial charge < -0.3 is 25.2 Å². The first kappa shape index (κ1) is 29.1. The number of ether oxygens (including phenoxy) is 1. The molecule has 13 nitrogen and oxygen atoms in total. The van der Waals surface area contributed by atoms with E-state index in [1.807, 2.05) is 6.26 Å². The van der Waals surface area contributed by atoms with E-state index in [1.165, 1.54) is 23.3 Å². The van der Waals surface area contributed by atoms with Gasteiger partial charge in [-0.1, -0.05) is 11.8 Å². The number of hydrogen-bond donors (Lipinski definition) is 4. The molecule has 4 heterocycles. The highest BCUT2D eigenvalue weighted by molar-refractivity contribution is 7.99. The Morgan fingerprint density at radius 3 is 2.71 bits per heavy atom. The number of aromatic nitrogens is 6. The molecule has 1 aliphatic rings. The second-order valence-electron chi connectivity index (χ2n) is 8.09. The first-order chi connectivity index (χ1) is 18.0. The van der Waals surface area contributed by atoms with Crippen LogP contribution in [0.15, 0.2) is 30.2 Å². The van der Waals surface area contributed by atoms with E-state index in [0.717, 1.165) is 28.2 Å². The van der Waals surface area contributed by atoms with Crippen LogP contribution in [-0.4, -0.2) is 99.3 Å². The molecular weight excluding hydrogens is 574 g/mol. The van der Waals surface area contributed by atoms with E-state index >= 15 is 0 Å². The van der Waals surface area contributed by atoms with Crippen LogP contribution in [-0.2, 0) is 13.8 Å². The van der Waals surface area contributed by atoms with Gasteiger partial charge in [0.1, 0.15) is 24.6 Å². The zero-order chi connectivity index (χ0) is 27.5. The molecule has 0 saturated carbocycles. The van der Waals surface area contributed by atoms with E-state index in [4.69, 9.17) is 9.26 Å². The molecule has 3 aromatic heterocycles. The maximum absolute atomic E-state index is 12.6. The Balaban J connectivity index is 1.56. The van der Waals surface area contributed by atoms with Crippen molar-refractivity contribution >= 4 is 48.3 Å². The van der Waals surface area contributed by atoms with Crippen LogP contribution in [0, 0.1) is 0 Å². The van der Waals surface area contributed by atoms with E-state index in [9.17, 15) is 32.8 Å². The van der Waals surface area contributed by atoms with Gasteiger partial charge in [0, 0.05) is 30.4 Å². The van der Waals surface area contributed by atoms with E-state index in [0.29, 0.717) is 12.4 Å². The Morgan fingerprint density at radius 1 is 1.24 bits per heavy atom. The van der Waals surface area contributed by atoms with Crippen molar-refractivity contribution in [2.24, 2.45) is 0 Å². The smallest absolute Gasteiger partial charge is 0.387 e. The third-order valence-corrected chi connectivity index (χ3v) is 8.18. The van der Waals surface area contributed by atoms with Gasteiger partial charge in [0.15, 0.2) is 28.4 Å². The zero-order valence-corrected chi connectivity index (χ0v) is 22.3. The Morgan fingerprint density at radius 2 is 2.03 bits per heavy atom. The van der Waals surface area contributed by atoms with Crippen molar-refractivity contribution in [1.29, 1.82) is 0 Å². The van der Waals surface area contributed by atoms with Gasteiger partial charge in [-0.15, -0.1) is 0 Å². The lowest BCUT2D eigenvalue weighted by Gasteiger charge is -2.18. The van der Waals surface area contributed by atoms with Gasteiger partial charge in [-0.25, -0.2) is 28.8 Å². The highest BCUT2D eigenvalue weighted by Gasteiger charge is 2.45. The average Bonchev–Trinajstić information content (AvgIpc) is 3.59. The number of anilines is 1. The largest absolute Gasteiger partial charge is 0.437 e. The molecule has 0 bridgehead atoms. The van der Waals surface area contributed by atoms with Gasteiger partial charge >= 0.3 is 13.9 Å². The van der Waals surface area contributed by atoms with Crippen LogP contribution in [0.1, 0.15) is 12.6 Å². The van der Waals surface area contributed by atoms with Crippen molar-refractivity contribution in [1.82, 2.24) is 28.8 Å². The fraction of sp³-hybridized carbons (Fsp3) is 0.579. The summed E-state index contributed by atoms with van der Waals surface area (Å²) < 4.78 is 63.4. The topological polar surface area (TPSA) is 170 Å². The molecule has 1 unspecified atom stereocenters. The molecule has 0 amide bonds. The van der Waals surface area contributed by atoms with Gasteiger partial charge in [-0.3, -0.25) is 9.09 Å². The number of alkyl halides is 3. The second kappa shape index (κ2) is 12.1.